The normalized spacial score (nSPS) is 10.6. The van der Waals surface area contributed by atoms with Crippen molar-refractivity contribution in [3.63, 3.8) is 0 Å². The summed E-state index contributed by atoms with van der Waals surface area (Å²) in [5, 5.41) is 4.34. The SMILES string of the molecule is COc1ccc2ccccc2c1-c1cs[c]n1. The Balaban J connectivity index is 2.39. The highest BCUT2D eigenvalue weighted by Crippen LogP contribution is 2.36. The molecule has 0 saturated carbocycles. The van der Waals surface area contributed by atoms with E-state index in [1.54, 1.807) is 7.11 Å². The van der Waals surface area contributed by atoms with Crippen molar-refractivity contribution in [2.75, 3.05) is 7.11 Å². The van der Waals surface area contributed by atoms with Crippen LogP contribution < -0.4 is 4.74 Å². The van der Waals surface area contributed by atoms with Crippen LogP contribution in [0.1, 0.15) is 0 Å². The van der Waals surface area contributed by atoms with E-state index in [0.717, 1.165) is 22.4 Å². The molecule has 0 aliphatic rings. The molecule has 17 heavy (non-hydrogen) atoms. The van der Waals surface area contributed by atoms with Crippen LogP contribution in [0.2, 0.25) is 0 Å². The second-order valence-electron chi connectivity index (χ2n) is 3.69. The van der Waals surface area contributed by atoms with E-state index in [1.807, 2.05) is 23.6 Å². The van der Waals surface area contributed by atoms with E-state index >= 15 is 0 Å². The number of nitrogens with zero attached hydrogens (tertiary/aromatic N) is 1. The fourth-order valence-corrected chi connectivity index (χ4v) is 2.47. The van der Waals surface area contributed by atoms with Gasteiger partial charge in [0.25, 0.3) is 0 Å². The molecule has 2 aromatic carbocycles. The summed E-state index contributed by atoms with van der Waals surface area (Å²) in [4.78, 5) is 4.26. The molecule has 3 rings (SSSR count). The lowest BCUT2D eigenvalue weighted by molar-refractivity contribution is 0.417. The number of aromatic nitrogens is 1. The predicted molar refractivity (Wildman–Crippen MR) is 70.4 cm³/mol. The molecule has 0 spiro atoms. The van der Waals surface area contributed by atoms with Gasteiger partial charge in [0.05, 0.1) is 18.4 Å². The van der Waals surface area contributed by atoms with Crippen molar-refractivity contribution in [3.05, 3.63) is 47.3 Å². The summed E-state index contributed by atoms with van der Waals surface area (Å²) < 4.78 is 5.43. The van der Waals surface area contributed by atoms with E-state index in [1.165, 1.54) is 16.7 Å². The van der Waals surface area contributed by atoms with Gasteiger partial charge in [0.1, 0.15) is 5.75 Å². The summed E-state index contributed by atoms with van der Waals surface area (Å²) >= 11 is 1.47. The number of benzene rings is 2. The zero-order chi connectivity index (χ0) is 11.7. The van der Waals surface area contributed by atoms with E-state index in [-0.39, 0.29) is 0 Å². The zero-order valence-corrected chi connectivity index (χ0v) is 10.1. The average Bonchev–Trinajstić information content (AvgIpc) is 2.91. The highest BCUT2D eigenvalue weighted by Gasteiger charge is 2.11. The Labute approximate surface area is 104 Å². The zero-order valence-electron chi connectivity index (χ0n) is 9.31. The summed E-state index contributed by atoms with van der Waals surface area (Å²) in [5.41, 5.74) is 4.84. The monoisotopic (exact) mass is 240 g/mol. The first kappa shape index (κ1) is 10.3. The van der Waals surface area contributed by atoms with Crippen LogP contribution in [0, 0.1) is 5.51 Å². The van der Waals surface area contributed by atoms with Crippen LogP contribution in [0.4, 0.5) is 0 Å². The third kappa shape index (κ3) is 1.68. The number of ether oxygens (including phenoxy) is 1. The van der Waals surface area contributed by atoms with Crippen LogP contribution in [0.3, 0.4) is 0 Å². The lowest BCUT2D eigenvalue weighted by Crippen LogP contribution is -1.89. The quantitative estimate of drug-likeness (QED) is 0.680. The van der Waals surface area contributed by atoms with Crippen molar-refractivity contribution in [2.45, 2.75) is 0 Å². The Morgan fingerprint density at radius 3 is 2.82 bits per heavy atom. The highest BCUT2D eigenvalue weighted by atomic mass is 32.1. The fraction of sp³-hybridized carbons (Fsp3) is 0.0714. The second kappa shape index (κ2) is 4.18. The standard InChI is InChI=1S/C14H10NOS/c1-16-13-7-6-10-4-2-3-5-11(10)14(13)12-8-17-9-15-12/h2-8H,1H3. The van der Waals surface area contributed by atoms with Crippen LogP contribution in [0.25, 0.3) is 22.0 Å². The molecule has 1 heterocycles. The van der Waals surface area contributed by atoms with E-state index in [9.17, 15) is 0 Å². The van der Waals surface area contributed by atoms with Crippen molar-refractivity contribution >= 4 is 22.1 Å². The van der Waals surface area contributed by atoms with Gasteiger partial charge in [-0.2, -0.15) is 0 Å². The average molecular weight is 240 g/mol. The first-order chi connectivity index (χ1) is 8.40. The van der Waals surface area contributed by atoms with Gasteiger partial charge in [-0.3, -0.25) is 0 Å². The van der Waals surface area contributed by atoms with Gasteiger partial charge >= 0.3 is 0 Å². The maximum absolute atomic E-state index is 5.43. The Morgan fingerprint density at radius 2 is 2.06 bits per heavy atom. The van der Waals surface area contributed by atoms with Gasteiger partial charge in [0, 0.05) is 5.38 Å². The van der Waals surface area contributed by atoms with Gasteiger partial charge in [0.2, 0.25) is 0 Å². The maximum Gasteiger partial charge on any atom is 0.152 e. The molecule has 0 bridgehead atoms. The van der Waals surface area contributed by atoms with Crippen LogP contribution in [-0.2, 0) is 0 Å². The Kier molecular flexibility index (Phi) is 2.53. The van der Waals surface area contributed by atoms with Gasteiger partial charge < -0.3 is 4.74 Å². The van der Waals surface area contributed by atoms with Gasteiger partial charge in [-0.1, -0.05) is 30.3 Å². The third-order valence-corrected chi connectivity index (χ3v) is 3.29. The molecule has 0 saturated heterocycles. The highest BCUT2D eigenvalue weighted by molar-refractivity contribution is 7.07. The molecule has 0 N–H and O–H groups in total. The summed E-state index contributed by atoms with van der Waals surface area (Å²) in [5.74, 6) is 0.850. The van der Waals surface area contributed by atoms with Gasteiger partial charge in [-0.25, -0.2) is 4.98 Å². The molecular weight excluding hydrogens is 230 g/mol. The first-order valence-electron chi connectivity index (χ1n) is 5.28. The molecule has 0 fully saturated rings. The van der Waals surface area contributed by atoms with Crippen LogP contribution >= 0.6 is 11.3 Å². The summed E-state index contributed by atoms with van der Waals surface area (Å²) in [6.07, 6.45) is 0. The largest absolute Gasteiger partial charge is 0.496 e. The van der Waals surface area contributed by atoms with Crippen LogP contribution in [-0.4, -0.2) is 12.1 Å². The second-order valence-corrected chi connectivity index (χ2v) is 4.34. The Hall–Kier alpha value is -1.87. The molecule has 0 aliphatic carbocycles. The molecule has 1 radical (unpaired) electrons. The minimum Gasteiger partial charge on any atom is -0.496 e. The molecule has 3 heteroatoms. The van der Waals surface area contributed by atoms with Crippen molar-refractivity contribution < 1.29 is 4.74 Å². The smallest absolute Gasteiger partial charge is 0.152 e. The van der Waals surface area contributed by atoms with E-state index in [4.69, 9.17) is 4.74 Å². The van der Waals surface area contributed by atoms with E-state index in [0.29, 0.717) is 0 Å². The molecule has 1 aromatic heterocycles. The van der Waals surface area contributed by atoms with Crippen LogP contribution in [0.15, 0.2) is 41.8 Å². The maximum atomic E-state index is 5.43. The Morgan fingerprint density at radius 1 is 1.18 bits per heavy atom. The van der Waals surface area contributed by atoms with Crippen molar-refractivity contribution in [3.8, 4) is 17.0 Å². The first-order valence-corrected chi connectivity index (χ1v) is 6.16. The van der Waals surface area contributed by atoms with Gasteiger partial charge in [-0.05, 0) is 16.8 Å². The molecule has 83 valence electrons. The summed E-state index contributed by atoms with van der Waals surface area (Å²) in [6, 6.07) is 12.3. The number of hydrogen-bond donors (Lipinski definition) is 0. The van der Waals surface area contributed by atoms with Crippen LogP contribution in [0.5, 0.6) is 5.75 Å². The van der Waals surface area contributed by atoms with Crippen molar-refractivity contribution in [1.29, 1.82) is 0 Å². The lowest BCUT2D eigenvalue weighted by Gasteiger charge is -2.09. The summed E-state index contributed by atoms with van der Waals surface area (Å²) in [6.45, 7) is 0. The van der Waals surface area contributed by atoms with E-state index < -0.39 is 0 Å². The minimum atomic E-state index is 0.850. The third-order valence-electron chi connectivity index (χ3n) is 2.76. The molecule has 0 aliphatic heterocycles. The topological polar surface area (TPSA) is 22.1 Å². The van der Waals surface area contributed by atoms with Gasteiger partial charge in [-0.15, -0.1) is 11.3 Å². The van der Waals surface area contributed by atoms with Crippen molar-refractivity contribution in [2.24, 2.45) is 0 Å². The summed E-state index contributed by atoms with van der Waals surface area (Å²) in [7, 11) is 1.68. The predicted octanol–water partition coefficient (Wildman–Crippen LogP) is 3.77. The molecule has 0 amide bonds. The fourth-order valence-electron chi connectivity index (χ4n) is 1.98. The number of thiazole rings is 1. The van der Waals surface area contributed by atoms with Gasteiger partial charge in [0.15, 0.2) is 5.51 Å². The molecular formula is C14H10NOS. The Bertz CT molecular complexity index is 646. The number of fused-ring (bicyclic) bond motifs is 1. The molecule has 0 unspecified atom stereocenters. The number of methoxy groups -OCH3 is 1. The van der Waals surface area contributed by atoms with Crippen molar-refractivity contribution in [1.82, 2.24) is 4.98 Å². The van der Waals surface area contributed by atoms with E-state index in [2.05, 4.69) is 28.7 Å². The number of hydrogen-bond acceptors (Lipinski definition) is 3. The number of rotatable bonds is 2. The molecule has 2 nitrogen and oxygen atoms in total. The molecule has 0 atom stereocenters. The lowest BCUT2D eigenvalue weighted by atomic mass is 10.0. The molecule has 3 aromatic rings. The minimum absolute atomic E-state index is 0.850.